The van der Waals surface area contributed by atoms with Crippen LogP contribution in [0.3, 0.4) is 0 Å². The molecular formula is C25H28F2N4O3S. The van der Waals surface area contributed by atoms with Crippen LogP contribution in [0.5, 0.6) is 5.88 Å². The molecule has 2 atom stereocenters. The number of piperidine rings is 1. The number of carbonyl (C=O) groups is 1. The normalized spacial score (nSPS) is 20.5. The van der Waals surface area contributed by atoms with E-state index < -0.39 is 17.9 Å². The number of thiazole rings is 1. The first-order chi connectivity index (χ1) is 16.8. The number of hydrogen-bond acceptors (Lipinski definition) is 7. The van der Waals surface area contributed by atoms with E-state index in [4.69, 9.17) is 4.74 Å². The molecule has 1 amide bonds. The first-order valence-corrected chi connectivity index (χ1v) is 12.6. The Labute approximate surface area is 206 Å². The monoisotopic (exact) mass is 502 g/mol. The van der Waals surface area contributed by atoms with Crippen LogP contribution in [0.2, 0.25) is 0 Å². The van der Waals surface area contributed by atoms with Gasteiger partial charge in [-0.2, -0.15) is 0 Å². The number of nitrogens with one attached hydrogen (secondary N) is 1. The maximum absolute atomic E-state index is 14.9. The Bertz CT molecular complexity index is 1220. The van der Waals surface area contributed by atoms with Gasteiger partial charge in [0.1, 0.15) is 0 Å². The fourth-order valence-electron chi connectivity index (χ4n) is 5.05. The lowest BCUT2D eigenvalue weighted by Crippen LogP contribution is -2.52. The molecule has 3 heterocycles. The number of aliphatic hydroxyl groups excluding tert-OH is 1. The highest BCUT2D eigenvalue weighted by molar-refractivity contribution is 7.22. The number of benzene rings is 1. The predicted molar refractivity (Wildman–Crippen MR) is 130 cm³/mol. The fourth-order valence-corrected chi connectivity index (χ4v) is 5.97. The number of aliphatic hydroxyl groups is 1. The molecule has 186 valence electrons. The first kappa shape index (κ1) is 24.0. The number of anilines is 1. The van der Waals surface area contributed by atoms with Gasteiger partial charge in [-0.15, -0.1) is 0 Å². The van der Waals surface area contributed by atoms with Gasteiger partial charge < -0.3 is 15.2 Å². The second-order valence-electron chi connectivity index (χ2n) is 9.28. The summed E-state index contributed by atoms with van der Waals surface area (Å²) in [7, 11) is 1.41. The average molecular weight is 503 g/mol. The number of fused-ring (bicyclic) bond motifs is 2. The van der Waals surface area contributed by atoms with Crippen LogP contribution in [0, 0.1) is 0 Å². The molecule has 1 aliphatic carbocycles. The number of alkyl halides is 2. The third-order valence-corrected chi connectivity index (χ3v) is 8.06. The number of rotatable bonds is 6. The van der Waals surface area contributed by atoms with Crippen LogP contribution in [-0.4, -0.2) is 58.0 Å². The molecule has 0 bridgehead atoms. The molecule has 1 aliphatic heterocycles. The van der Waals surface area contributed by atoms with Gasteiger partial charge in [0.15, 0.2) is 5.13 Å². The van der Waals surface area contributed by atoms with E-state index in [0.29, 0.717) is 16.3 Å². The zero-order valence-corrected chi connectivity index (χ0v) is 20.5. The highest BCUT2D eigenvalue weighted by atomic mass is 32.1. The average Bonchev–Trinajstić information content (AvgIpc) is 3.46. The predicted octanol–water partition coefficient (Wildman–Crippen LogP) is 4.13. The van der Waals surface area contributed by atoms with Crippen LogP contribution in [-0.2, 0) is 24.2 Å². The van der Waals surface area contributed by atoms with Gasteiger partial charge in [0.2, 0.25) is 11.8 Å². The second kappa shape index (κ2) is 9.40. The third-order valence-electron chi connectivity index (χ3n) is 7.13. The van der Waals surface area contributed by atoms with Gasteiger partial charge in [0.25, 0.3) is 5.92 Å². The Morgan fingerprint density at radius 3 is 2.86 bits per heavy atom. The summed E-state index contributed by atoms with van der Waals surface area (Å²) in [6, 6.07) is 5.16. The van der Waals surface area contributed by atoms with Gasteiger partial charge in [-0.25, -0.2) is 18.7 Å². The highest BCUT2D eigenvalue weighted by Gasteiger charge is 2.46. The second-order valence-corrected chi connectivity index (χ2v) is 10.3. The summed E-state index contributed by atoms with van der Waals surface area (Å²) in [5.74, 6) is -4.17. The Balaban J connectivity index is 1.31. The van der Waals surface area contributed by atoms with Crippen molar-refractivity contribution in [2.24, 2.45) is 0 Å². The molecule has 2 unspecified atom stereocenters. The number of pyridine rings is 1. The van der Waals surface area contributed by atoms with Gasteiger partial charge in [0, 0.05) is 31.3 Å². The molecule has 2 N–H and O–H groups in total. The zero-order valence-electron chi connectivity index (χ0n) is 19.7. The number of aryl methyl sites for hydroxylation is 2. The summed E-state index contributed by atoms with van der Waals surface area (Å²) in [5.41, 5.74) is 4.22. The van der Waals surface area contributed by atoms with Crippen molar-refractivity contribution in [3.63, 3.8) is 0 Å². The Kier molecular flexibility index (Phi) is 6.45. The fraction of sp³-hybridized carbons (Fsp3) is 0.480. The molecule has 1 aromatic carbocycles. The molecule has 7 nitrogen and oxygen atoms in total. The summed E-state index contributed by atoms with van der Waals surface area (Å²) in [5, 5.41) is 13.0. The first-order valence-electron chi connectivity index (χ1n) is 11.8. The van der Waals surface area contributed by atoms with Crippen LogP contribution in [0.15, 0.2) is 24.4 Å². The maximum atomic E-state index is 14.9. The van der Waals surface area contributed by atoms with Crippen molar-refractivity contribution in [2.45, 2.75) is 57.1 Å². The molecular weight excluding hydrogens is 474 g/mol. The zero-order chi connectivity index (χ0) is 24.7. The van der Waals surface area contributed by atoms with E-state index in [2.05, 4.69) is 27.4 Å². The van der Waals surface area contributed by atoms with Gasteiger partial charge in [-0.05, 0) is 61.1 Å². The van der Waals surface area contributed by atoms with E-state index in [0.717, 1.165) is 29.5 Å². The minimum absolute atomic E-state index is 0.00692. The van der Waals surface area contributed by atoms with E-state index in [1.807, 2.05) is 0 Å². The number of aromatic nitrogens is 2. The molecule has 1 saturated heterocycles. The topological polar surface area (TPSA) is 87.6 Å². The molecule has 1 fully saturated rings. The van der Waals surface area contributed by atoms with Crippen LogP contribution < -0.4 is 10.1 Å². The quantitative estimate of drug-likeness (QED) is 0.527. The summed E-state index contributed by atoms with van der Waals surface area (Å²) in [6.07, 6.45) is 4.29. The summed E-state index contributed by atoms with van der Waals surface area (Å²) in [6.45, 7) is 1.45. The van der Waals surface area contributed by atoms with E-state index in [1.165, 1.54) is 41.8 Å². The minimum atomic E-state index is -2.96. The van der Waals surface area contributed by atoms with Gasteiger partial charge in [0.05, 0.1) is 35.9 Å². The number of halogens is 2. The summed E-state index contributed by atoms with van der Waals surface area (Å²) < 4.78 is 36.0. The molecule has 5 rings (SSSR count). The van der Waals surface area contributed by atoms with Crippen LogP contribution in [0.25, 0.3) is 10.2 Å². The maximum Gasteiger partial charge on any atom is 0.257 e. The summed E-state index contributed by atoms with van der Waals surface area (Å²) >= 11 is 1.44. The number of ether oxygens (including phenoxy) is 1. The molecule has 0 radical (unpaired) electrons. The number of carbonyl (C=O) groups excluding carboxylic acids is 1. The molecule has 2 aromatic heterocycles. The lowest BCUT2D eigenvalue weighted by molar-refractivity contribution is -0.125. The van der Waals surface area contributed by atoms with Crippen molar-refractivity contribution in [1.29, 1.82) is 0 Å². The van der Waals surface area contributed by atoms with E-state index in [9.17, 15) is 18.7 Å². The van der Waals surface area contributed by atoms with Crippen molar-refractivity contribution in [1.82, 2.24) is 14.9 Å². The lowest BCUT2D eigenvalue weighted by Gasteiger charge is -2.40. The number of nitrogens with zero attached hydrogens (tertiary/aromatic N) is 3. The molecule has 0 spiro atoms. The largest absolute Gasteiger partial charge is 0.481 e. The van der Waals surface area contributed by atoms with E-state index in [-0.39, 0.29) is 37.9 Å². The van der Waals surface area contributed by atoms with Crippen molar-refractivity contribution in [3.05, 3.63) is 46.6 Å². The smallest absolute Gasteiger partial charge is 0.257 e. The van der Waals surface area contributed by atoms with Gasteiger partial charge in [-0.3, -0.25) is 9.69 Å². The van der Waals surface area contributed by atoms with Crippen molar-refractivity contribution in [3.8, 4) is 5.88 Å². The van der Waals surface area contributed by atoms with Crippen molar-refractivity contribution in [2.75, 3.05) is 25.5 Å². The molecule has 3 aromatic rings. The number of likely N-dealkylation sites (tertiary alicyclic amines) is 1. The Hall–Kier alpha value is -2.69. The van der Waals surface area contributed by atoms with Crippen LogP contribution in [0.4, 0.5) is 13.9 Å². The molecule has 0 saturated carbocycles. The Morgan fingerprint density at radius 1 is 1.34 bits per heavy atom. The molecule has 2 aliphatic rings. The van der Waals surface area contributed by atoms with Crippen LogP contribution in [0.1, 0.15) is 47.9 Å². The highest BCUT2D eigenvalue weighted by Crippen LogP contribution is 2.41. The standard InChI is InChI=1S/C25H28F2N4O3S/c1-14(22(33)30-24-29-20-9-15-4-3-5-16(15)10-21(20)35-24)31-7-6-25(26,27)19(12-31)17-8-18(13-32)23(34-2)28-11-17/h8-11,14,19,32H,3-7,12-13H2,1-2H3,(H,29,30,33). The van der Waals surface area contributed by atoms with Gasteiger partial charge in [-0.1, -0.05) is 11.3 Å². The minimum Gasteiger partial charge on any atom is -0.481 e. The summed E-state index contributed by atoms with van der Waals surface area (Å²) in [4.78, 5) is 23.5. The van der Waals surface area contributed by atoms with Crippen molar-refractivity contribution >= 4 is 32.6 Å². The third kappa shape index (κ3) is 4.62. The SMILES string of the molecule is COc1ncc(C2CN(C(C)C(=O)Nc3nc4cc5c(cc4s3)CCC5)CCC2(F)F)cc1CO. The molecule has 10 heteroatoms. The Morgan fingerprint density at radius 2 is 2.11 bits per heavy atom. The van der Waals surface area contributed by atoms with E-state index in [1.54, 1.807) is 11.8 Å². The van der Waals surface area contributed by atoms with E-state index >= 15 is 0 Å². The van der Waals surface area contributed by atoms with Crippen LogP contribution >= 0.6 is 11.3 Å². The number of amides is 1. The molecule has 35 heavy (non-hydrogen) atoms. The van der Waals surface area contributed by atoms with Crippen molar-refractivity contribution < 1.29 is 23.4 Å². The number of hydrogen-bond donors (Lipinski definition) is 2. The number of methoxy groups -OCH3 is 1. The van der Waals surface area contributed by atoms with Gasteiger partial charge >= 0.3 is 0 Å². The lowest BCUT2D eigenvalue weighted by atomic mass is 9.86.